The zero-order valence-corrected chi connectivity index (χ0v) is 12.2. The van der Waals surface area contributed by atoms with Gasteiger partial charge in [0.25, 0.3) is 0 Å². The summed E-state index contributed by atoms with van der Waals surface area (Å²) in [6, 6.07) is 0. The second kappa shape index (κ2) is 6.10. The van der Waals surface area contributed by atoms with Gasteiger partial charge in [-0.3, -0.25) is 14.8 Å². The van der Waals surface area contributed by atoms with Crippen LogP contribution in [-0.2, 0) is 15.1 Å². The third kappa shape index (κ3) is 3.29. The summed E-state index contributed by atoms with van der Waals surface area (Å²) in [6.45, 7) is 9.14. The maximum absolute atomic E-state index is 12.1. The molecule has 0 amide bonds. The van der Waals surface area contributed by atoms with Gasteiger partial charge in [-0.2, -0.15) is 0 Å². The lowest BCUT2D eigenvalue weighted by Gasteiger charge is -2.33. The van der Waals surface area contributed by atoms with Crippen molar-refractivity contribution in [3.05, 3.63) is 23.8 Å². The van der Waals surface area contributed by atoms with Crippen LogP contribution in [0.1, 0.15) is 39.1 Å². The summed E-state index contributed by atoms with van der Waals surface area (Å²) < 4.78 is 5.07. The minimum atomic E-state index is -1.40. The fraction of sp³-hybridized carbons (Fsp3) is 0.643. The minimum absolute atomic E-state index is 0.0737. The van der Waals surface area contributed by atoms with Gasteiger partial charge in [-0.25, -0.2) is 0 Å². The topological polar surface area (TPSA) is 72.3 Å². The summed E-state index contributed by atoms with van der Waals surface area (Å²) in [4.78, 5) is 20.4. The lowest BCUT2D eigenvalue weighted by molar-refractivity contribution is -0.162. The van der Waals surface area contributed by atoms with E-state index in [-0.39, 0.29) is 12.5 Å². The maximum atomic E-state index is 12.1. The summed E-state index contributed by atoms with van der Waals surface area (Å²) in [5.41, 5.74) is -0.372. The van der Waals surface area contributed by atoms with Gasteiger partial charge in [0, 0.05) is 12.4 Å². The predicted molar refractivity (Wildman–Crippen MR) is 71.3 cm³/mol. The summed E-state index contributed by atoms with van der Waals surface area (Å²) in [6.07, 6.45) is 3.07. The molecule has 0 radical (unpaired) electrons. The van der Waals surface area contributed by atoms with E-state index < -0.39 is 17.5 Å². The van der Waals surface area contributed by atoms with Gasteiger partial charge < -0.3 is 9.84 Å². The monoisotopic (exact) mass is 266 g/mol. The van der Waals surface area contributed by atoms with Gasteiger partial charge in [0.1, 0.15) is 5.60 Å². The smallest absolute Gasteiger partial charge is 0.312 e. The average molecular weight is 266 g/mol. The normalized spacial score (nSPS) is 15.9. The second-order valence-corrected chi connectivity index (χ2v) is 5.11. The molecule has 5 nitrogen and oxygen atoms in total. The van der Waals surface area contributed by atoms with Gasteiger partial charge in [0.05, 0.1) is 23.9 Å². The highest BCUT2D eigenvalue weighted by molar-refractivity contribution is 5.74. The van der Waals surface area contributed by atoms with Crippen molar-refractivity contribution in [2.45, 2.75) is 40.2 Å². The van der Waals surface area contributed by atoms with Crippen LogP contribution in [0.3, 0.4) is 0 Å². The number of hydrogen-bond acceptors (Lipinski definition) is 5. The van der Waals surface area contributed by atoms with E-state index in [4.69, 9.17) is 4.74 Å². The van der Waals surface area contributed by atoms with Gasteiger partial charge >= 0.3 is 5.97 Å². The summed E-state index contributed by atoms with van der Waals surface area (Å²) in [5.74, 6) is -1.16. The Hall–Kier alpha value is -1.49. The highest BCUT2D eigenvalue weighted by Gasteiger charge is 2.44. The molecule has 106 valence electrons. The molecule has 0 aliphatic carbocycles. The molecule has 0 aliphatic heterocycles. The number of aromatic nitrogens is 2. The molecule has 1 rings (SSSR count). The van der Waals surface area contributed by atoms with Crippen LogP contribution in [0.15, 0.2) is 12.4 Å². The number of aliphatic hydroxyl groups is 1. The van der Waals surface area contributed by atoms with Gasteiger partial charge in [-0.1, -0.05) is 13.8 Å². The van der Waals surface area contributed by atoms with Crippen LogP contribution in [0.4, 0.5) is 0 Å². The molecule has 5 heteroatoms. The Balaban J connectivity index is 3.20. The van der Waals surface area contributed by atoms with E-state index >= 15 is 0 Å². The first-order valence-corrected chi connectivity index (χ1v) is 6.49. The van der Waals surface area contributed by atoms with Crippen molar-refractivity contribution in [2.75, 3.05) is 6.61 Å². The SMILES string of the molecule is CCOC(=O)C(C(C)C)C(C)(O)c1nccnc1C. The molecule has 0 bridgehead atoms. The lowest BCUT2D eigenvalue weighted by Crippen LogP contribution is -2.42. The number of carbonyl (C=O) groups is 1. The first kappa shape index (κ1) is 15.6. The molecule has 0 aromatic carbocycles. The standard InChI is InChI=1S/C14H22N2O3/c1-6-19-13(17)11(9(2)3)14(5,18)12-10(4)15-7-8-16-12/h7-9,11,18H,6H2,1-5H3. The van der Waals surface area contributed by atoms with Crippen LogP contribution in [0.5, 0.6) is 0 Å². The molecule has 0 spiro atoms. The fourth-order valence-electron chi connectivity index (χ4n) is 2.43. The first-order chi connectivity index (χ1) is 8.82. The number of ether oxygens (including phenoxy) is 1. The van der Waals surface area contributed by atoms with E-state index in [0.29, 0.717) is 11.4 Å². The number of nitrogens with zero attached hydrogens (tertiary/aromatic N) is 2. The van der Waals surface area contributed by atoms with E-state index in [1.807, 2.05) is 13.8 Å². The fourth-order valence-corrected chi connectivity index (χ4v) is 2.43. The number of carbonyl (C=O) groups excluding carboxylic acids is 1. The Morgan fingerprint density at radius 1 is 1.42 bits per heavy atom. The molecule has 0 aliphatic rings. The van der Waals surface area contributed by atoms with Gasteiger partial charge in [-0.15, -0.1) is 0 Å². The Labute approximate surface area is 114 Å². The van der Waals surface area contributed by atoms with Crippen molar-refractivity contribution in [1.82, 2.24) is 9.97 Å². The van der Waals surface area contributed by atoms with Crippen molar-refractivity contribution in [1.29, 1.82) is 0 Å². The van der Waals surface area contributed by atoms with Crippen LogP contribution < -0.4 is 0 Å². The number of esters is 1. The van der Waals surface area contributed by atoms with Crippen LogP contribution in [0.2, 0.25) is 0 Å². The number of rotatable bonds is 5. The summed E-state index contributed by atoms with van der Waals surface area (Å²) in [7, 11) is 0. The molecule has 2 atom stereocenters. The molecule has 1 aromatic rings. The molecular formula is C14H22N2O3. The van der Waals surface area contributed by atoms with Crippen molar-refractivity contribution >= 4 is 5.97 Å². The van der Waals surface area contributed by atoms with Crippen molar-refractivity contribution < 1.29 is 14.6 Å². The molecule has 2 unspecified atom stereocenters. The molecule has 1 heterocycles. The van der Waals surface area contributed by atoms with E-state index in [9.17, 15) is 9.90 Å². The average Bonchev–Trinajstić information content (AvgIpc) is 2.28. The van der Waals surface area contributed by atoms with Gasteiger partial charge in [0.15, 0.2) is 0 Å². The van der Waals surface area contributed by atoms with E-state index in [2.05, 4.69) is 9.97 Å². The largest absolute Gasteiger partial charge is 0.466 e. The van der Waals surface area contributed by atoms with Crippen LogP contribution >= 0.6 is 0 Å². The molecule has 0 saturated carbocycles. The van der Waals surface area contributed by atoms with Crippen LogP contribution in [0, 0.1) is 18.8 Å². The van der Waals surface area contributed by atoms with Gasteiger partial charge in [-0.05, 0) is 26.7 Å². The Morgan fingerprint density at radius 3 is 2.47 bits per heavy atom. The third-order valence-corrected chi connectivity index (χ3v) is 3.17. The molecule has 1 N–H and O–H groups in total. The zero-order valence-electron chi connectivity index (χ0n) is 12.2. The summed E-state index contributed by atoms with van der Waals surface area (Å²) >= 11 is 0. The first-order valence-electron chi connectivity index (χ1n) is 6.49. The zero-order chi connectivity index (χ0) is 14.6. The highest BCUT2D eigenvalue weighted by atomic mass is 16.5. The molecule has 0 fully saturated rings. The number of aryl methyl sites for hydroxylation is 1. The molecule has 19 heavy (non-hydrogen) atoms. The summed E-state index contributed by atoms with van der Waals surface area (Å²) in [5, 5.41) is 10.8. The highest BCUT2D eigenvalue weighted by Crippen LogP contribution is 2.35. The molecule has 1 aromatic heterocycles. The molecule has 0 saturated heterocycles. The van der Waals surface area contributed by atoms with Crippen LogP contribution in [-0.4, -0.2) is 27.7 Å². The predicted octanol–water partition coefficient (Wildman–Crippen LogP) is 1.83. The third-order valence-electron chi connectivity index (χ3n) is 3.17. The number of hydrogen-bond donors (Lipinski definition) is 1. The maximum Gasteiger partial charge on any atom is 0.312 e. The Morgan fingerprint density at radius 2 is 2.00 bits per heavy atom. The Kier molecular flexibility index (Phi) is 5.00. The van der Waals surface area contributed by atoms with Crippen molar-refractivity contribution in [3.63, 3.8) is 0 Å². The second-order valence-electron chi connectivity index (χ2n) is 5.11. The quantitative estimate of drug-likeness (QED) is 0.823. The van der Waals surface area contributed by atoms with Crippen LogP contribution in [0.25, 0.3) is 0 Å². The molecular weight excluding hydrogens is 244 g/mol. The minimum Gasteiger partial charge on any atom is -0.466 e. The van der Waals surface area contributed by atoms with E-state index in [1.54, 1.807) is 27.0 Å². The van der Waals surface area contributed by atoms with Crippen molar-refractivity contribution in [2.24, 2.45) is 11.8 Å². The van der Waals surface area contributed by atoms with E-state index in [1.165, 1.54) is 6.20 Å². The Bertz CT molecular complexity index is 444. The van der Waals surface area contributed by atoms with Crippen molar-refractivity contribution in [3.8, 4) is 0 Å². The lowest BCUT2D eigenvalue weighted by atomic mass is 9.78. The van der Waals surface area contributed by atoms with Gasteiger partial charge in [0.2, 0.25) is 0 Å². The van der Waals surface area contributed by atoms with E-state index in [0.717, 1.165) is 0 Å².